The number of carbonyl (C=O) groups excluding carboxylic acids is 1. The largest absolute Gasteiger partial charge is 0.347 e. The van der Waals surface area contributed by atoms with E-state index < -0.39 is 0 Å². The number of hydrogen-bond acceptors (Lipinski definition) is 7. The van der Waals surface area contributed by atoms with Crippen LogP contribution in [0.2, 0.25) is 0 Å². The van der Waals surface area contributed by atoms with Gasteiger partial charge in [0, 0.05) is 13.1 Å². The number of nitrogens with zero attached hydrogens (tertiary/aromatic N) is 4. The number of nitrogens with one attached hydrogen (secondary N) is 1. The van der Waals surface area contributed by atoms with E-state index in [2.05, 4.69) is 25.5 Å². The minimum Gasteiger partial charge on any atom is -0.347 e. The Kier molecular flexibility index (Phi) is 8.93. The van der Waals surface area contributed by atoms with E-state index in [1.165, 1.54) is 24.6 Å². The quantitative estimate of drug-likeness (QED) is 0.752. The Labute approximate surface area is 140 Å². The van der Waals surface area contributed by atoms with Crippen molar-refractivity contribution in [2.75, 3.05) is 6.54 Å². The lowest BCUT2D eigenvalue weighted by atomic mass is 10.1. The van der Waals surface area contributed by atoms with Crippen LogP contribution in [0.3, 0.4) is 0 Å². The SMILES string of the molecule is CC.CC(=O)NC(CCCCN)c1nnc(-c2ccncn2)s1. The summed E-state index contributed by atoms with van der Waals surface area (Å²) in [4.78, 5) is 19.4. The molecule has 126 valence electrons. The van der Waals surface area contributed by atoms with Gasteiger partial charge in [0.05, 0.1) is 6.04 Å². The van der Waals surface area contributed by atoms with E-state index in [4.69, 9.17) is 5.73 Å². The summed E-state index contributed by atoms with van der Waals surface area (Å²) in [5, 5.41) is 12.8. The number of aromatic nitrogens is 4. The zero-order valence-corrected chi connectivity index (χ0v) is 14.6. The molecule has 7 nitrogen and oxygen atoms in total. The molecule has 1 amide bonds. The Balaban J connectivity index is 0.00000127. The smallest absolute Gasteiger partial charge is 0.217 e. The van der Waals surface area contributed by atoms with Crippen molar-refractivity contribution in [3.63, 3.8) is 0 Å². The molecule has 0 saturated heterocycles. The van der Waals surface area contributed by atoms with E-state index in [1.54, 1.807) is 12.3 Å². The maximum atomic E-state index is 11.3. The van der Waals surface area contributed by atoms with Gasteiger partial charge in [-0.1, -0.05) is 25.2 Å². The fourth-order valence-corrected chi connectivity index (χ4v) is 2.80. The molecule has 1 unspecified atom stereocenters. The van der Waals surface area contributed by atoms with Gasteiger partial charge in [0.15, 0.2) is 5.01 Å². The molecule has 2 rings (SSSR count). The molecule has 0 aliphatic heterocycles. The fourth-order valence-electron chi connectivity index (χ4n) is 1.89. The molecule has 8 heteroatoms. The normalized spacial score (nSPS) is 11.3. The molecule has 2 aromatic rings. The lowest BCUT2D eigenvalue weighted by Crippen LogP contribution is -2.26. The first kappa shape index (κ1) is 19.1. The Morgan fingerprint density at radius 3 is 2.74 bits per heavy atom. The summed E-state index contributed by atoms with van der Waals surface area (Å²) < 4.78 is 0. The first-order chi connectivity index (χ1) is 11.2. The molecule has 0 spiro atoms. The second-order valence-electron chi connectivity index (χ2n) is 4.58. The zero-order valence-electron chi connectivity index (χ0n) is 13.8. The molecule has 2 aromatic heterocycles. The Morgan fingerprint density at radius 2 is 2.13 bits per heavy atom. The van der Waals surface area contributed by atoms with Crippen LogP contribution in [0.15, 0.2) is 18.6 Å². The van der Waals surface area contributed by atoms with Gasteiger partial charge in [-0.15, -0.1) is 10.2 Å². The number of rotatable bonds is 7. The fraction of sp³-hybridized carbons (Fsp3) is 0.533. The lowest BCUT2D eigenvalue weighted by molar-refractivity contribution is -0.119. The van der Waals surface area contributed by atoms with Crippen molar-refractivity contribution >= 4 is 17.2 Å². The lowest BCUT2D eigenvalue weighted by Gasteiger charge is -2.14. The Hall–Kier alpha value is -1.93. The van der Waals surface area contributed by atoms with Crippen LogP contribution >= 0.6 is 11.3 Å². The number of carbonyl (C=O) groups is 1. The number of nitrogens with two attached hydrogens (primary N) is 1. The first-order valence-corrected chi connectivity index (χ1v) is 8.59. The van der Waals surface area contributed by atoms with E-state index in [0.29, 0.717) is 6.54 Å². The maximum absolute atomic E-state index is 11.3. The predicted octanol–water partition coefficient (Wildman–Crippen LogP) is 2.33. The average molecular weight is 336 g/mol. The molecule has 0 bridgehead atoms. The van der Waals surface area contributed by atoms with Gasteiger partial charge in [-0.25, -0.2) is 9.97 Å². The van der Waals surface area contributed by atoms with Crippen LogP contribution in [0, 0.1) is 0 Å². The van der Waals surface area contributed by atoms with Gasteiger partial charge in [0.1, 0.15) is 17.0 Å². The molecule has 23 heavy (non-hydrogen) atoms. The molecule has 0 aliphatic carbocycles. The van der Waals surface area contributed by atoms with Crippen LogP contribution in [0.5, 0.6) is 0 Å². The highest BCUT2D eigenvalue weighted by molar-refractivity contribution is 7.14. The number of hydrogen-bond donors (Lipinski definition) is 2. The van der Waals surface area contributed by atoms with Gasteiger partial charge in [-0.05, 0) is 31.9 Å². The van der Waals surface area contributed by atoms with Crippen molar-refractivity contribution in [2.24, 2.45) is 5.73 Å². The number of amides is 1. The van der Waals surface area contributed by atoms with Gasteiger partial charge in [0.2, 0.25) is 5.91 Å². The Morgan fingerprint density at radius 1 is 1.35 bits per heavy atom. The Bertz CT molecular complexity index is 574. The van der Waals surface area contributed by atoms with Crippen molar-refractivity contribution in [3.8, 4) is 10.7 Å². The van der Waals surface area contributed by atoms with E-state index >= 15 is 0 Å². The van der Waals surface area contributed by atoms with Crippen molar-refractivity contribution in [1.82, 2.24) is 25.5 Å². The maximum Gasteiger partial charge on any atom is 0.217 e. The molecule has 0 saturated carbocycles. The first-order valence-electron chi connectivity index (χ1n) is 7.77. The molecule has 1 atom stereocenters. The summed E-state index contributed by atoms with van der Waals surface area (Å²) in [6.45, 7) is 6.15. The summed E-state index contributed by atoms with van der Waals surface area (Å²) in [5.41, 5.74) is 6.24. The van der Waals surface area contributed by atoms with E-state index in [1.807, 2.05) is 13.8 Å². The van der Waals surface area contributed by atoms with Crippen molar-refractivity contribution in [3.05, 3.63) is 23.6 Å². The molecular formula is C15H24N6OS. The van der Waals surface area contributed by atoms with Crippen molar-refractivity contribution < 1.29 is 4.79 Å². The monoisotopic (exact) mass is 336 g/mol. The van der Waals surface area contributed by atoms with Gasteiger partial charge >= 0.3 is 0 Å². The second kappa shape index (κ2) is 10.7. The van der Waals surface area contributed by atoms with Crippen LogP contribution < -0.4 is 11.1 Å². The third-order valence-corrected chi connectivity index (χ3v) is 3.92. The number of unbranched alkanes of at least 4 members (excludes halogenated alkanes) is 1. The van der Waals surface area contributed by atoms with Crippen LogP contribution in [0.25, 0.3) is 10.7 Å². The summed E-state index contributed by atoms with van der Waals surface area (Å²) >= 11 is 1.44. The zero-order chi connectivity index (χ0) is 17.1. The topological polar surface area (TPSA) is 107 Å². The predicted molar refractivity (Wildman–Crippen MR) is 91.7 cm³/mol. The van der Waals surface area contributed by atoms with E-state index in [9.17, 15) is 4.79 Å². The van der Waals surface area contributed by atoms with Crippen LogP contribution in [-0.4, -0.2) is 32.6 Å². The van der Waals surface area contributed by atoms with Gasteiger partial charge in [-0.3, -0.25) is 4.79 Å². The van der Waals surface area contributed by atoms with Crippen LogP contribution in [-0.2, 0) is 4.79 Å². The summed E-state index contributed by atoms with van der Waals surface area (Å²) in [7, 11) is 0. The summed E-state index contributed by atoms with van der Waals surface area (Å²) in [6, 6.07) is 1.66. The van der Waals surface area contributed by atoms with Gasteiger partial charge in [-0.2, -0.15) is 0 Å². The summed E-state index contributed by atoms with van der Waals surface area (Å²) in [5.74, 6) is -0.0773. The van der Waals surface area contributed by atoms with Crippen LogP contribution in [0.4, 0.5) is 0 Å². The molecular weight excluding hydrogens is 312 g/mol. The van der Waals surface area contributed by atoms with Gasteiger partial charge < -0.3 is 11.1 Å². The second-order valence-corrected chi connectivity index (χ2v) is 5.59. The highest BCUT2D eigenvalue weighted by Gasteiger charge is 2.18. The molecule has 0 radical (unpaired) electrons. The van der Waals surface area contributed by atoms with E-state index in [-0.39, 0.29) is 11.9 Å². The molecule has 0 aliphatic rings. The minimum atomic E-state index is -0.123. The highest BCUT2D eigenvalue weighted by atomic mass is 32.1. The third-order valence-electron chi connectivity index (χ3n) is 2.86. The molecule has 0 aromatic carbocycles. The van der Waals surface area contributed by atoms with E-state index in [0.717, 1.165) is 35.0 Å². The third kappa shape index (κ3) is 6.37. The molecule has 3 N–H and O–H groups in total. The standard InChI is InChI=1S/C13H18N6OS.C2H6/c1-9(20)17-11(4-2-3-6-14)13-19-18-12(21-13)10-5-7-15-8-16-10;1-2/h5,7-8,11H,2-4,6,14H2,1H3,(H,17,20);1-2H3. The molecule has 0 fully saturated rings. The minimum absolute atomic E-state index is 0.0773. The summed E-state index contributed by atoms with van der Waals surface area (Å²) in [6.07, 6.45) is 5.80. The highest BCUT2D eigenvalue weighted by Crippen LogP contribution is 2.27. The van der Waals surface area contributed by atoms with Crippen molar-refractivity contribution in [2.45, 2.75) is 46.1 Å². The van der Waals surface area contributed by atoms with Crippen LogP contribution in [0.1, 0.15) is 51.1 Å². The van der Waals surface area contributed by atoms with Crippen molar-refractivity contribution in [1.29, 1.82) is 0 Å². The molecule has 2 heterocycles. The van der Waals surface area contributed by atoms with Gasteiger partial charge in [0.25, 0.3) is 0 Å². The average Bonchev–Trinajstić information content (AvgIpc) is 3.06.